The molecule has 0 radical (unpaired) electrons. The van der Waals surface area contributed by atoms with Crippen LogP contribution in [0.3, 0.4) is 0 Å². The first kappa shape index (κ1) is 16.8. The number of aromatic nitrogens is 2. The van der Waals surface area contributed by atoms with Crippen molar-refractivity contribution in [2.75, 3.05) is 6.54 Å². The first-order valence-corrected chi connectivity index (χ1v) is 8.24. The maximum atomic E-state index is 12.8. The van der Waals surface area contributed by atoms with E-state index in [1.54, 1.807) is 6.08 Å². The van der Waals surface area contributed by atoms with Gasteiger partial charge in [0.25, 0.3) is 5.56 Å². The molecule has 0 aliphatic carbocycles. The summed E-state index contributed by atoms with van der Waals surface area (Å²) in [4.78, 5) is 17.2. The minimum absolute atomic E-state index is 0.0628. The van der Waals surface area contributed by atoms with E-state index in [0.717, 1.165) is 28.1 Å². The molecule has 0 atom stereocenters. The van der Waals surface area contributed by atoms with Gasteiger partial charge in [-0.05, 0) is 31.1 Å². The summed E-state index contributed by atoms with van der Waals surface area (Å²) in [7, 11) is 0. The smallest absolute Gasteiger partial charge is 0.277 e. The Morgan fingerprint density at radius 2 is 2.12 bits per heavy atom. The van der Waals surface area contributed by atoms with Crippen LogP contribution in [0.4, 0.5) is 0 Å². The van der Waals surface area contributed by atoms with Crippen molar-refractivity contribution in [3.63, 3.8) is 0 Å². The number of H-pyrrole nitrogens is 1. The Balaban J connectivity index is 1.83. The number of aliphatic imine (C=N–C) groups is 1. The third-order valence-electron chi connectivity index (χ3n) is 4.08. The maximum Gasteiger partial charge on any atom is 0.277 e. The molecule has 2 aromatic rings. The molecule has 1 aromatic carbocycles. The van der Waals surface area contributed by atoms with Crippen LogP contribution in [0, 0.1) is 6.92 Å². The lowest BCUT2D eigenvalue weighted by Crippen LogP contribution is -2.34. The number of aromatic amines is 1. The van der Waals surface area contributed by atoms with E-state index in [4.69, 9.17) is 0 Å². The van der Waals surface area contributed by atoms with Gasteiger partial charge in [-0.1, -0.05) is 49.1 Å². The van der Waals surface area contributed by atoms with Gasteiger partial charge >= 0.3 is 0 Å². The lowest BCUT2D eigenvalue weighted by atomic mass is 10.1. The van der Waals surface area contributed by atoms with Gasteiger partial charge in [0, 0.05) is 23.4 Å². The van der Waals surface area contributed by atoms with Gasteiger partial charge in [-0.25, -0.2) is 4.99 Å². The van der Waals surface area contributed by atoms with E-state index in [1.807, 2.05) is 56.3 Å². The molecule has 5 nitrogen and oxygen atoms in total. The highest BCUT2D eigenvalue weighted by Crippen LogP contribution is 2.10. The number of aryl methyl sites for hydroxylation is 1. The number of rotatable bonds is 4. The Morgan fingerprint density at radius 3 is 2.84 bits per heavy atom. The van der Waals surface area contributed by atoms with Crippen molar-refractivity contribution in [2.24, 2.45) is 4.99 Å². The lowest BCUT2D eigenvalue weighted by molar-refractivity contribution is 0.856. The number of allylic oxidation sites excluding steroid dienone is 4. The first-order valence-electron chi connectivity index (χ1n) is 8.24. The van der Waals surface area contributed by atoms with Gasteiger partial charge in [0.05, 0.1) is 6.54 Å². The highest BCUT2D eigenvalue weighted by Gasteiger charge is 2.19. The van der Waals surface area contributed by atoms with Crippen molar-refractivity contribution in [1.29, 1.82) is 0 Å². The third kappa shape index (κ3) is 3.71. The molecule has 0 spiro atoms. The summed E-state index contributed by atoms with van der Waals surface area (Å²) < 4.78 is 1.49. The number of hydrogen-bond acceptors (Lipinski definition) is 3. The molecule has 25 heavy (non-hydrogen) atoms. The Kier molecular flexibility index (Phi) is 4.84. The Hall–Kier alpha value is -3.08. The van der Waals surface area contributed by atoms with Crippen molar-refractivity contribution in [3.8, 4) is 0 Å². The van der Waals surface area contributed by atoms with Crippen molar-refractivity contribution < 1.29 is 0 Å². The molecule has 2 heterocycles. The second-order valence-corrected chi connectivity index (χ2v) is 6.10. The van der Waals surface area contributed by atoms with Crippen molar-refractivity contribution in [3.05, 3.63) is 93.6 Å². The van der Waals surface area contributed by atoms with Crippen LogP contribution in [0.2, 0.25) is 0 Å². The molecular formula is C20H22N4O. The molecule has 128 valence electrons. The van der Waals surface area contributed by atoms with Crippen LogP contribution in [0.25, 0.3) is 0 Å². The van der Waals surface area contributed by atoms with Crippen LogP contribution in [0.1, 0.15) is 23.7 Å². The fourth-order valence-electron chi connectivity index (χ4n) is 2.84. The summed E-state index contributed by atoms with van der Waals surface area (Å²) in [6.45, 7) is 8.13. The zero-order valence-electron chi connectivity index (χ0n) is 14.5. The van der Waals surface area contributed by atoms with E-state index in [1.165, 1.54) is 4.68 Å². The average Bonchev–Trinajstić information content (AvgIpc) is 3.15. The molecule has 0 amide bonds. The quantitative estimate of drug-likeness (QED) is 0.845. The van der Waals surface area contributed by atoms with Crippen LogP contribution < -0.4 is 10.9 Å². The van der Waals surface area contributed by atoms with E-state index < -0.39 is 0 Å². The Bertz CT molecular complexity index is 926. The fraction of sp³-hybridized carbons (Fsp3) is 0.200. The van der Waals surface area contributed by atoms with Crippen molar-refractivity contribution in [2.45, 2.75) is 20.3 Å². The van der Waals surface area contributed by atoms with Crippen molar-refractivity contribution >= 4 is 5.96 Å². The molecular weight excluding hydrogens is 312 g/mol. The largest absolute Gasteiger partial charge is 0.326 e. The minimum Gasteiger partial charge on any atom is -0.326 e. The summed E-state index contributed by atoms with van der Waals surface area (Å²) in [6.07, 6.45) is 6.28. The maximum absolute atomic E-state index is 12.8. The van der Waals surface area contributed by atoms with Crippen LogP contribution in [0.5, 0.6) is 0 Å². The summed E-state index contributed by atoms with van der Waals surface area (Å²) in [5, 5.41) is 6.34. The average molecular weight is 334 g/mol. The number of nitrogens with one attached hydrogen (secondary N) is 2. The summed E-state index contributed by atoms with van der Waals surface area (Å²) in [5.41, 5.74) is 4.70. The molecule has 0 bridgehead atoms. The van der Waals surface area contributed by atoms with E-state index in [-0.39, 0.29) is 5.56 Å². The van der Waals surface area contributed by atoms with E-state index >= 15 is 0 Å². The zero-order chi connectivity index (χ0) is 17.8. The normalized spacial score (nSPS) is 16.0. The van der Waals surface area contributed by atoms with Crippen LogP contribution >= 0.6 is 0 Å². The van der Waals surface area contributed by atoms with Gasteiger partial charge in [-0.3, -0.25) is 9.89 Å². The standard InChI is InChI=1S/C20H22N4O/c1-4-8-14(2)11-17-13-21-20(22-17)24-19(25)18(15(3)23-24)12-16-9-6-5-7-10-16/h4-11,23H,1,12-13H2,2-3H3,(H,21,22)/b14-8-,17-11+. The van der Waals surface area contributed by atoms with E-state index in [2.05, 4.69) is 22.0 Å². The van der Waals surface area contributed by atoms with E-state index in [9.17, 15) is 4.79 Å². The molecule has 1 aromatic heterocycles. The molecule has 5 heteroatoms. The van der Waals surface area contributed by atoms with Gasteiger partial charge in [-0.15, -0.1) is 0 Å². The monoisotopic (exact) mass is 334 g/mol. The molecule has 0 saturated heterocycles. The molecule has 1 aliphatic heterocycles. The molecule has 0 unspecified atom stereocenters. The fourth-order valence-corrected chi connectivity index (χ4v) is 2.84. The topological polar surface area (TPSA) is 62.2 Å². The molecule has 2 N–H and O–H groups in total. The van der Waals surface area contributed by atoms with Gasteiger partial charge in [0.1, 0.15) is 0 Å². The third-order valence-corrected chi connectivity index (χ3v) is 4.08. The molecule has 3 rings (SSSR count). The van der Waals surface area contributed by atoms with Crippen LogP contribution in [-0.2, 0) is 6.42 Å². The predicted octanol–water partition coefficient (Wildman–Crippen LogP) is 2.90. The second-order valence-electron chi connectivity index (χ2n) is 6.10. The predicted molar refractivity (Wildman–Crippen MR) is 102 cm³/mol. The Morgan fingerprint density at radius 1 is 1.36 bits per heavy atom. The zero-order valence-corrected chi connectivity index (χ0v) is 14.5. The number of benzene rings is 1. The summed E-state index contributed by atoms with van der Waals surface area (Å²) in [6, 6.07) is 9.98. The van der Waals surface area contributed by atoms with Gasteiger partial charge in [-0.2, -0.15) is 4.68 Å². The number of hydrogen-bond donors (Lipinski definition) is 2. The van der Waals surface area contributed by atoms with Crippen molar-refractivity contribution in [1.82, 2.24) is 15.1 Å². The first-order chi connectivity index (χ1) is 12.1. The molecule has 0 saturated carbocycles. The number of nitrogens with zero attached hydrogens (tertiary/aromatic N) is 2. The second kappa shape index (κ2) is 7.21. The SMILES string of the molecule is C=C/C=C(C)\C=C1/CN=C(n2[nH]c(C)c(Cc3ccccc3)c2=O)N1. The Labute approximate surface area is 147 Å². The van der Waals surface area contributed by atoms with Crippen LogP contribution in [-0.4, -0.2) is 22.3 Å². The molecule has 0 fully saturated rings. The highest BCUT2D eigenvalue weighted by atomic mass is 16.1. The highest BCUT2D eigenvalue weighted by molar-refractivity contribution is 5.85. The van der Waals surface area contributed by atoms with Crippen LogP contribution in [0.15, 0.2) is 76.2 Å². The minimum atomic E-state index is -0.0628. The van der Waals surface area contributed by atoms with Gasteiger partial charge < -0.3 is 5.32 Å². The molecule has 1 aliphatic rings. The van der Waals surface area contributed by atoms with Gasteiger partial charge in [0.15, 0.2) is 0 Å². The van der Waals surface area contributed by atoms with E-state index in [0.29, 0.717) is 18.9 Å². The van der Waals surface area contributed by atoms with Gasteiger partial charge in [0.2, 0.25) is 5.96 Å². The lowest BCUT2D eigenvalue weighted by Gasteiger charge is -2.03. The summed E-state index contributed by atoms with van der Waals surface area (Å²) >= 11 is 0. The summed E-state index contributed by atoms with van der Waals surface area (Å²) in [5.74, 6) is 0.532.